The summed E-state index contributed by atoms with van der Waals surface area (Å²) in [5, 5.41) is 6.25. The molecule has 0 aliphatic carbocycles. The first-order valence-corrected chi connectivity index (χ1v) is 4.95. The van der Waals surface area contributed by atoms with E-state index in [2.05, 4.69) is 46.5 Å². The second-order valence-corrected chi connectivity index (χ2v) is 3.87. The first kappa shape index (κ1) is 17.2. The van der Waals surface area contributed by atoms with Crippen LogP contribution in [0.3, 0.4) is 0 Å². The first-order chi connectivity index (χ1) is 6.60. The molecule has 94 valence electrons. The zero-order chi connectivity index (χ0) is 11.0. The highest BCUT2D eigenvalue weighted by Gasteiger charge is 2.04. The van der Waals surface area contributed by atoms with E-state index < -0.39 is 0 Å². The summed E-state index contributed by atoms with van der Waals surface area (Å²) in [6, 6.07) is 0. The zero-order valence-electron chi connectivity index (χ0n) is 10.2. The van der Waals surface area contributed by atoms with Gasteiger partial charge in [-0.05, 0) is 35.2 Å². The van der Waals surface area contributed by atoms with Crippen LogP contribution in [-0.2, 0) is 0 Å². The fraction of sp³-hybridized carbons (Fsp3) is 1.00. The molecule has 0 unspecified atom stereocenters. The molecule has 0 saturated heterocycles. The maximum Gasteiger partial charge on any atom is 0.0523 e. The molecule has 0 rings (SSSR count). The number of hydrogen-bond acceptors (Lipinski definition) is 5. The number of hydrogen-bond donors (Lipinski definition) is 2. The third-order valence-electron chi connectivity index (χ3n) is 1.82. The van der Waals surface area contributed by atoms with Gasteiger partial charge in [0.25, 0.3) is 0 Å². The van der Waals surface area contributed by atoms with E-state index in [1.807, 2.05) is 14.1 Å². The van der Waals surface area contributed by atoms with Gasteiger partial charge in [-0.25, -0.2) is 0 Å². The predicted molar refractivity (Wildman–Crippen MR) is 67.6 cm³/mol. The highest BCUT2D eigenvalue weighted by Crippen LogP contribution is 1.88. The minimum Gasteiger partial charge on any atom is -0.307 e. The monoisotopic (exact) mass is 219 g/mol. The molecule has 15 heavy (non-hydrogen) atoms. The summed E-state index contributed by atoms with van der Waals surface area (Å²) >= 11 is 0. The number of nitrogens with one attached hydrogen (secondary N) is 2. The van der Waals surface area contributed by atoms with Gasteiger partial charge in [-0.1, -0.05) is 7.43 Å². The lowest BCUT2D eigenvalue weighted by Gasteiger charge is -2.28. The molecule has 0 radical (unpaired) electrons. The first-order valence-electron chi connectivity index (χ1n) is 4.95. The Bertz CT molecular complexity index is 117. The van der Waals surface area contributed by atoms with Gasteiger partial charge in [0.15, 0.2) is 0 Å². The van der Waals surface area contributed by atoms with E-state index in [1.54, 1.807) is 0 Å². The maximum absolute atomic E-state index is 3.12. The lowest BCUT2D eigenvalue weighted by Crippen LogP contribution is -2.43. The molecule has 2 N–H and O–H groups in total. The Morgan fingerprint density at radius 3 is 1.33 bits per heavy atom. The second kappa shape index (κ2) is 10.3. The SMILES string of the molecule is C.CNCN(C)CN(C)CN(C)CNC. The molecule has 0 spiro atoms. The van der Waals surface area contributed by atoms with Crippen molar-refractivity contribution in [1.29, 1.82) is 0 Å². The largest absolute Gasteiger partial charge is 0.307 e. The Kier molecular flexibility index (Phi) is 11.8. The van der Waals surface area contributed by atoms with Crippen LogP contribution in [0.4, 0.5) is 0 Å². The topological polar surface area (TPSA) is 33.8 Å². The quantitative estimate of drug-likeness (QED) is 0.547. The van der Waals surface area contributed by atoms with Crippen molar-refractivity contribution < 1.29 is 0 Å². The Hall–Kier alpha value is -0.200. The lowest BCUT2D eigenvalue weighted by molar-refractivity contribution is 0.112. The molecule has 0 bridgehead atoms. The van der Waals surface area contributed by atoms with Crippen molar-refractivity contribution in [3.8, 4) is 0 Å². The molecular weight excluding hydrogens is 190 g/mol. The van der Waals surface area contributed by atoms with Crippen molar-refractivity contribution in [2.24, 2.45) is 0 Å². The van der Waals surface area contributed by atoms with Crippen LogP contribution in [0.5, 0.6) is 0 Å². The van der Waals surface area contributed by atoms with Crippen LogP contribution in [0.2, 0.25) is 0 Å². The fourth-order valence-electron chi connectivity index (χ4n) is 1.51. The maximum atomic E-state index is 3.12. The van der Waals surface area contributed by atoms with Crippen molar-refractivity contribution in [1.82, 2.24) is 25.3 Å². The third-order valence-corrected chi connectivity index (χ3v) is 1.82. The molecule has 0 saturated carbocycles. The summed E-state index contributed by atoms with van der Waals surface area (Å²) in [7, 11) is 10.3. The van der Waals surface area contributed by atoms with Crippen LogP contribution in [0.1, 0.15) is 7.43 Å². The van der Waals surface area contributed by atoms with E-state index in [-0.39, 0.29) is 7.43 Å². The number of nitrogens with zero attached hydrogens (tertiary/aromatic N) is 3. The van der Waals surface area contributed by atoms with E-state index >= 15 is 0 Å². The number of rotatable bonds is 8. The molecule has 0 aromatic heterocycles. The Morgan fingerprint density at radius 1 is 0.733 bits per heavy atom. The van der Waals surface area contributed by atoms with Crippen molar-refractivity contribution >= 4 is 0 Å². The van der Waals surface area contributed by atoms with Gasteiger partial charge in [-0.3, -0.25) is 14.7 Å². The summed E-state index contributed by atoms with van der Waals surface area (Å²) < 4.78 is 0. The molecule has 0 fully saturated rings. The summed E-state index contributed by atoms with van der Waals surface area (Å²) in [6.07, 6.45) is 0. The van der Waals surface area contributed by atoms with E-state index in [1.165, 1.54) is 0 Å². The van der Waals surface area contributed by atoms with Gasteiger partial charge in [0.05, 0.1) is 13.3 Å². The molecule has 0 aromatic carbocycles. The average Bonchev–Trinajstić information content (AvgIpc) is 2.03. The highest BCUT2D eigenvalue weighted by atomic mass is 15.4. The van der Waals surface area contributed by atoms with Gasteiger partial charge < -0.3 is 10.6 Å². The molecule has 0 aromatic rings. The predicted octanol–water partition coefficient (Wildman–Crippen LogP) is -0.313. The normalized spacial score (nSPS) is 11.2. The van der Waals surface area contributed by atoms with E-state index in [4.69, 9.17) is 0 Å². The molecular formula is C10H29N5. The van der Waals surface area contributed by atoms with Gasteiger partial charge >= 0.3 is 0 Å². The van der Waals surface area contributed by atoms with Gasteiger partial charge in [0.2, 0.25) is 0 Å². The van der Waals surface area contributed by atoms with Gasteiger partial charge in [-0.2, -0.15) is 0 Å². The summed E-state index contributed by atoms with van der Waals surface area (Å²) in [5.41, 5.74) is 0. The van der Waals surface area contributed by atoms with Gasteiger partial charge in [-0.15, -0.1) is 0 Å². The van der Waals surface area contributed by atoms with Crippen molar-refractivity contribution in [2.45, 2.75) is 7.43 Å². The van der Waals surface area contributed by atoms with Crippen LogP contribution in [0.15, 0.2) is 0 Å². The van der Waals surface area contributed by atoms with E-state index in [9.17, 15) is 0 Å². The van der Waals surface area contributed by atoms with Crippen LogP contribution in [0.25, 0.3) is 0 Å². The van der Waals surface area contributed by atoms with Crippen LogP contribution in [0, 0.1) is 0 Å². The summed E-state index contributed by atoms with van der Waals surface area (Å²) in [4.78, 5) is 6.73. The Labute approximate surface area is 95.4 Å². The lowest BCUT2D eigenvalue weighted by atomic mass is 10.6. The van der Waals surface area contributed by atoms with E-state index in [0.29, 0.717) is 0 Å². The Morgan fingerprint density at radius 2 is 1.07 bits per heavy atom. The van der Waals surface area contributed by atoms with Crippen molar-refractivity contribution in [3.63, 3.8) is 0 Å². The van der Waals surface area contributed by atoms with Crippen LogP contribution >= 0.6 is 0 Å². The van der Waals surface area contributed by atoms with Crippen molar-refractivity contribution in [2.75, 3.05) is 61.9 Å². The molecule has 0 aliphatic rings. The molecule has 0 amide bonds. The zero-order valence-corrected chi connectivity index (χ0v) is 10.2. The summed E-state index contributed by atoms with van der Waals surface area (Å²) in [5.74, 6) is 0. The molecule has 0 aliphatic heterocycles. The van der Waals surface area contributed by atoms with Crippen molar-refractivity contribution in [3.05, 3.63) is 0 Å². The minimum atomic E-state index is 0. The third kappa shape index (κ3) is 10.1. The molecule has 5 heteroatoms. The van der Waals surface area contributed by atoms with Gasteiger partial charge in [0.1, 0.15) is 0 Å². The Balaban J connectivity index is 0. The standard InChI is InChI=1S/C9H25N5.CH4/c1-10-6-12(3)8-14(5)9-13(4)7-11-2;/h10-11H,6-9H2,1-5H3;1H4. The van der Waals surface area contributed by atoms with E-state index in [0.717, 1.165) is 26.7 Å². The molecule has 0 heterocycles. The average molecular weight is 219 g/mol. The molecule has 5 nitrogen and oxygen atoms in total. The summed E-state index contributed by atoms with van der Waals surface area (Å²) in [6.45, 7) is 3.77. The van der Waals surface area contributed by atoms with Gasteiger partial charge in [0, 0.05) is 13.3 Å². The second-order valence-electron chi connectivity index (χ2n) is 3.87. The van der Waals surface area contributed by atoms with Crippen LogP contribution < -0.4 is 10.6 Å². The smallest absolute Gasteiger partial charge is 0.0523 e. The fourth-order valence-corrected chi connectivity index (χ4v) is 1.51. The highest BCUT2D eigenvalue weighted by molar-refractivity contribution is 4.51. The minimum absolute atomic E-state index is 0. The van der Waals surface area contributed by atoms with Crippen LogP contribution in [-0.4, -0.2) is 76.6 Å². The molecule has 0 atom stereocenters.